The van der Waals surface area contributed by atoms with Crippen LogP contribution in [-0.4, -0.2) is 41.5 Å². The van der Waals surface area contributed by atoms with Gasteiger partial charge in [-0.1, -0.05) is 6.92 Å². The van der Waals surface area contributed by atoms with Gasteiger partial charge in [0.25, 0.3) is 5.91 Å². The predicted octanol–water partition coefficient (Wildman–Crippen LogP) is 1.21. The van der Waals surface area contributed by atoms with Gasteiger partial charge in [-0.15, -0.1) is 0 Å². The van der Waals surface area contributed by atoms with E-state index in [0.29, 0.717) is 18.8 Å². The molecule has 2 atom stereocenters. The third-order valence-corrected chi connectivity index (χ3v) is 4.00. The molecule has 0 N–H and O–H groups in total. The van der Waals surface area contributed by atoms with Crippen LogP contribution in [0.5, 0.6) is 0 Å². The van der Waals surface area contributed by atoms with Gasteiger partial charge in [0.05, 0.1) is 13.0 Å². The zero-order valence-corrected chi connectivity index (χ0v) is 11.8. The van der Waals surface area contributed by atoms with Crippen molar-refractivity contribution in [3.8, 4) is 0 Å². The maximum Gasteiger partial charge on any atom is 0.310 e. The lowest BCUT2D eigenvalue weighted by Crippen LogP contribution is -2.31. The van der Waals surface area contributed by atoms with Gasteiger partial charge in [-0.05, 0) is 25.0 Å². The standard InChI is InChI=1S/C14H20N2O3/c1-9-7-16(8-11(9)14(18)19-4)13(17)12-6-5-10(2)15(12)3/h5-6,9,11H,7-8H2,1-4H3. The first kappa shape index (κ1) is 13.6. The highest BCUT2D eigenvalue weighted by Gasteiger charge is 2.38. The smallest absolute Gasteiger partial charge is 0.310 e. The Morgan fingerprint density at radius 1 is 1.32 bits per heavy atom. The average molecular weight is 264 g/mol. The minimum Gasteiger partial charge on any atom is -0.469 e. The lowest BCUT2D eigenvalue weighted by molar-refractivity contribution is -0.146. The van der Waals surface area contributed by atoms with Crippen LogP contribution in [0.4, 0.5) is 0 Å². The summed E-state index contributed by atoms with van der Waals surface area (Å²) in [6, 6.07) is 3.75. The maximum atomic E-state index is 12.4. The van der Waals surface area contributed by atoms with Gasteiger partial charge >= 0.3 is 5.97 Å². The Balaban J connectivity index is 2.14. The summed E-state index contributed by atoms with van der Waals surface area (Å²) < 4.78 is 6.66. The molecule has 1 aromatic heterocycles. The van der Waals surface area contributed by atoms with Crippen LogP contribution in [0.2, 0.25) is 0 Å². The van der Waals surface area contributed by atoms with Gasteiger partial charge in [-0.2, -0.15) is 0 Å². The van der Waals surface area contributed by atoms with Crippen molar-refractivity contribution >= 4 is 11.9 Å². The number of hydrogen-bond donors (Lipinski definition) is 0. The number of nitrogens with zero attached hydrogens (tertiary/aromatic N) is 2. The van der Waals surface area contributed by atoms with E-state index in [9.17, 15) is 9.59 Å². The number of amides is 1. The number of methoxy groups -OCH3 is 1. The Labute approximate surface area is 113 Å². The predicted molar refractivity (Wildman–Crippen MR) is 70.7 cm³/mol. The second kappa shape index (κ2) is 5.07. The highest BCUT2D eigenvalue weighted by molar-refractivity contribution is 5.93. The molecule has 2 unspecified atom stereocenters. The van der Waals surface area contributed by atoms with Gasteiger partial charge in [0, 0.05) is 25.8 Å². The molecule has 2 heterocycles. The fraction of sp³-hybridized carbons (Fsp3) is 0.571. The van der Waals surface area contributed by atoms with Crippen molar-refractivity contribution in [1.82, 2.24) is 9.47 Å². The molecule has 0 spiro atoms. The number of hydrogen-bond acceptors (Lipinski definition) is 3. The lowest BCUT2D eigenvalue weighted by atomic mass is 9.99. The number of aromatic nitrogens is 1. The molecule has 104 valence electrons. The van der Waals surface area contributed by atoms with Crippen LogP contribution in [0.1, 0.15) is 23.1 Å². The molecule has 0 saturated carbocycles. The molecule has 0 aromatic carbocycles. The molecule has 1 aromatic rings. The van der Waals surface area contributed by atoms with E-state index >= 15 is 0 Å². The van der Waals surface area contributed by atoms with Crippen molar-refractivity contribution in [3.63, 3.8) is 0 Å². The molecular formula is C14H20N2O3. The topological polar surface area (TPSA) is 51.5 Å². The summed E-state index contributed by atoms with van der Waals surface area (Å²) in [7, 11) is 3.26. The van der Waals surface area contributed by atoms with E-state index in [1.54, 1.807) is 4.90 Å². The Bertz CT molecular complexity index is 507. The van der Waals surface area contributed by atoms with E-state index in [4.69, 9.17) is 4.74 Å². The van der Waals surface area contributed by atoms with Crippen molar-refractivity contribution in [1.29, 1.82) is 0 Å². The van der Waals surface area contributed by atoms with Crippen LogP contribution < -0.4 is 0 Å². The Morgan fingerprint density at radius 3 is 2.53 bits per heavy atom. The molecule has 0 radical (unpaired) electrons. The molecule has 1 aliphatic heterocycles. The fourth-order valence-corrected chi connectivity index (χ4v) is 2.58. The van der Waals surface area contributed by atoms with Crippen molar-refractivity contribution in [2.75, 3.05) is 20.2 Å². The second-order valence-corrected chi connectivity index (χ2v) is 5.24. The van der Waals surface area contributed by atoms with Crippen molar-refractivity contribution < 1.29 is 14.3 Å². The summed E-state index contributed by atoms with van der Waals surface area (Å²) in [6.07, 6.45) is 0. The zero-order valence-electron chi connectivity index (χ0n) is 11.8. The third-order valence-electron chi connectivity index (χ3n) is 4.00. The van der Waals surface area contributed by atoms with Crippen molar-refractivity contribution in [2.24, 2.45) is 18.9 Å². The van der Waals surface area contributed by atoms with Gasteiger partial charge in [-0.3, -0.25) is 9.59 Å². The molecular weight excluding hydrogens is 244 g/mol. The summed E-state index contributed by atoms with van der Waals surface area (Å²) in [5.41, 5.74) is 1.70. The molecule has 19 heavy (non-hydrogen) atoms. The van der Waals surface area contributed by atoms with Crippen molar-refractivity contribution in [3.05, 3.63) is 23.5 Å². The van der Waals surface area contributed by atoms with Crippen LogP contribution in [0.3, 0.4) is 0 Å². The SMILES string of the molecule is COC(=O)C1CN(C(=O)c2ccc(C)n2C)CC1C. The number of carbonyl (C=O) groups is 2. The van der Waals surface area contributed by atoms with E-state index in [1.165, 1.54) is 7.11 Å². The van der Waals surface area contributed by atoms with E-state index in [0.717, 1.165) is 5.69 Å². The molecule has 0 aliphatic carbocycles. The third kappa shape index (κ3) is 2.37. The molecule has 0 bridgehead atoms. The fourth-order valence-electron chi connectivity index (χ4n) is 2.58. The number of likely N-dealkylation sites (tertiary alicyclic amines) is 1. The van der Waals surface area contributed by atoms with E-state index in [1.807, 2.05) is 37.6 Å². The Morgan fingerprint density at radius 2 is 2.00 bits per heavy atom. The lowest BCUT2D eigenvalue weighted by Gasteiger charge is -2.16. The van der Waals surface area contributed by atoms with Crippen LogP contribution in [0.15, 0.2) is 12.1 Å². The molecule has 1 fully saturated rings. The summed E-state index contributed by atoms with van der Waals surface area (Å²) in [6.45, 7) is 4.98. The summed E-state index contributed by atoms with van der Waals surface area (Å²) >= 11 is 0. The molecule has 1 aliphatic rings. The Hall–Kier alpha value is -1.78. The van der Waals surface area contributed by atoms with Gasteiger partial charge in [0.15, 0.2) is 0 Å². The Kier molecular flexibility index (Phi) is 3.64. The summed E-state index contributed by atoms with van der Waals surface area (Å²) in [5.74, 6) is -0.326. The molecule has 1 amide bonds. The first-order valence-electron chi connectivity index (χ1n) is 6.45. The van der Waals surface area contributed by atoms with E-state index in [2.05, 4.69) is 0 Å². The van der Waals surface area contributed by atoms with Gasteiger partial charge in [0.1, 0.15) is 5.69 Å². The maximum absolute atomic E-state index is 12.4. The van der Waals surface area contributed by atoms with Crippen molar-refractivity contribution in [2.45, 2.75) is 13.8 Å². The minimum absolute atomic E-state index is 0.0196. The van der Waals surface area contributed by atoms with Crippen LogP contribution in [-0.2, 0) is 16.6 Å². The van der Waals surface area contributed by atoms with Crippen LogP contribution in [0, 0.1) is 18.8 Å². The number of aryl methyl sites for hydroxylation is 1. The minimum atomic E-state index is -0.231. The van der Waals surface area contributed by atoms with Crippen LogP contribution in [0.25, 0.3) is 0 Å². The summed E-state index contributed by atoms with van der Waals surface area (Å²) in [4.78, 5) is 25.8. The number of esters is 1. The number of rotatable bonds is 2. The molecule has 5 nitrogen and oxygen atoms in total. The largest absolute Gasteiger partial charge is 0.469 e. The van der Waals surface area contributed by atoms with Gasteiger partial charge < -0.3 is 14.2 Å². The zero-order chi connectivity index (χ0) is 14.2. The first-order valence-corrected chi connectivity index (χ1v) is 6.45. The van der Waals surface area contributed by atoms with E-state index in [-0.39, 0.29) is 23.7 Å². The quantitative estimate of drug-likeness (QED) is 0.755. The second-order valence-electron chi connectivity index (χ2n) is 5.24. The van der Waals surface area contributed by atoms with E-state index < -0.39 is 0 Å². The number of carbonyl (C=O) groups excluding carboxylic acids is 2. The molecule has 2 rings (SSSR count). The van der Waals surface area contributed by atoms with Gasteiger partial charge in [0.2, 0.25) is 0 Å². The molecule has 5 heteroatoms. The normalized spacial score (nSPS) is 22.6. The summed E-state index contributed by atoms with van der Waals surface area (Å²) in [5, 5.41) is 0. The highest BCUT2D eigenvalue weighted by atomic mass is 16.5. The average Bonchev–Trinajstić information content (AvgIpc) is 2.93. The monoisotopic (exact) mass is 264 g/mol. The van der Waals surface area contributed by atoms with Crippen LogP contribution >= 0.6 is 0 Å². The first-order chi connectivity index (χ1) is 8.95. The number of ether oxygens (including phenoxy) is 1. The van der Waals surface area contributed by atoms with Gasteiger partial charge in [-0.25, -0.2) is 0 Å². The highest BCUT2D eigenvalue weighted by Crippen LogP contribution is 2.25. The molecule has 1 saturated heterocycles.